The van der Waals surface area contributed by atoms with Crippen molar-refractivity contribution in [3.63, 3.8) is 0 Å². The monoisotopic (exact) mass is 354 g/mol. The summed E-state index contributed by atoms with van der Waals surface area (Å²) in [5, 5.41) is 0.133. The Kier molecular flexibility index (Phi) is 16.8. The Hall–Kier alpha value is 0.560. The summed E-state index contributed by atoms with van der Waals surface area (Å²) in [7, 11) is 3.48. The second-order valence-electron chi connectivity index (χ2n) is 6.13. The van der Waals surface area contributed by atoms with Crippen molar-refractivity contribution in [2.45, 2.75) is 103 Å². The van der Waals surface area contributed by atoms with Crippen LogP contribution in [-0.4, -0.2) is 17.4 Å². The molecule has 0 aliphatic heterocycles. The number of halogens is 2. The molecule has 1 unspecified atom stereocenters. The van der Waals surface area contributed by atoms with E-state index < -0.39 is 6.43 Å². The van der Waals surface area contributed by atoms with E-state index >= 15 is 0 Å². The Labute approximate surface area is 145 Å². The fourth-order valence-corrected chi connectivity index (χ4v) is 5.43. The molecule has 0 aliphatic carbocycles. The lowest BCUT2D eigenvalue weighted by atomic mass is 9.90. The minimum absolute atomic E-state index is 0.0733. The van der Waals surface area contributed by atoms with Gasteiger partial charge in [-0.15, -0.1) is 0 Å². The second-order valence-corrected chi connectivity index (χ2v) is 9.02. The third-order valence-corrected chi connectivity index (χ3v) is 7.16. The van der Waals surface area contributed by atoms with Crippen LogP contribution in [0, 0.1) is 5.92 Å². The van der Waals surface area contributed by atoms with E-state index in [1.165, 1.54) is 51.4 Å². The Bertz CT molecular complexity index is 213. The first-order chi connectivity index (χ1) is 10.7. The lowest BCUT2D eigenvalue weighted by molar-refractivity contribution is 0.128. The van der Waals surface area contributed by atoms with Crippen molar-refractivity contribution in [1.29, 1.82) is 0 Å². The molecule has 22 heavy (non-hydrogen) atoms. The SMILES string of the molecule is CCCCCCC(CCCCCC)C(CC(F)F)SSCC. The third kappa shape index (κ3) is 13.0. The molecule has 0 radical (unpaired) electrons. The molecule has 0 saturated heterocycles. The predicted molar refractivity (Wildman–Crippen MR) is 101 cm³/mol. The van der Waals surface area contributed by atoms with Crippen LogP contribution in [0.1, 0.15) is 91.4 Å². The van der Waals surface area contributed by atoms with Crippen LogP contribution < -0.4 is 0 Å². The molecule has 0 fully saturated rings. The van der Waals surface area contributed by atoms with E-state index in [-0.39, 0.29) is 11.7 Å². The molecular formula is C18H36F2S2. The van der Waals surface area contributed by atoms with Gasteiger partial charge >= 0.3 is 0 Å². The van der Waals surface area contributed by atoms with Crippen LogP contribution >= 0.6 is 21.6 Å². The molecule has 0 spiro atoms. The first-order valence-electron chi connectivity index (χ1n) is 9.22. The first-order valence-corrected chi connectivity index (χ1v) is 11.6. The molecule has 0 aliphatic rings. The van der Waals surface area contributed by atoms with Crippen molar-refractivity contribution in [3.8, 4) is 0 Å². The van der Waals surface area contributed by atoms with E-state index in [9.17, 15) is 8.78 Å². The summed E-state index contributed by atoms with van der Waals surface area (Å²) in [5.41, 5.74) is 0. The average molecular weight is 355 g/mol. The molecule has 0 N–H and O–H groups in total. The molecule has 0 saturated carbocycles. The lowest BCUT2D eigenvalue weighted by Crippen LogP contribution is -2.20. The van der Waals surface area contributed by atoms with Crippen LogP contribution in [-0.2, 0) is 0 Å². The summed E-state index contributed by atoms with van der Waals surface area (Å²) < 4.78 is 25.9. The fraction of sp³-hybridized carbons (Fsp3) is 1.00. The molecule has 0 rings (SSSR count). The summed E-state index contributed by atoms with van der Waals surface area (Å²) >= 11 is 0. The van der Waals surface area contributed by atoms with Gasteiger partial charge in [0.05, 0.1) is 0 Å². The van der Waals surface area contributed by atoms with E-state index in [4.69, 9.17) is 0 Å². The van der Waals surface area contributed by atoms with Crippen LogP contribution in [0.5, 0.6) is 0 Å². The number of unbranched alkanes of at least 4 members (excludes halogenated alkanes) is 6. The molecule has 0 bridgehead atoms. The Morgan fingerprint density at radius 2 is 1.32 bits per heavy atom. The quantitative estimate of drug-likeness (QED) is 0.203. The highest BCUT2D eigenvalue weighted by Crippen LogP contribution is 2.39. The predicted octanol–water partition coefficient (Wildman–Crippen LogP) is 7.97. The Morgan fingerprint density at radius 1 is 0.773 bits per heavy atom. The maximum absolute atomic E-state index is 12.9. The molecule has 0 amide bonds. The molecule has 0 aromatic heterocycles. The van der Waals surface area contributed by atoms with Gasteiger partial charge in [0.1, 0.15) is 0 Å². The van der Waals surface area contributed by atoms with Gasteiger partial charge < -0.3 is 0 Å². The van der Waals surface area contributed by atoms with E-state index in [0.29, 0.717) is 5.92 Å². The second kappa shape index (κ2) is 16.4. The van der Waals surface area contributed by atoms with Crippen molar-refractivity contribution < 1.29 is 8.78 Å². The van der Waals surface area contributed by atoms with Crippen molar-refractivity contribution in [1.82, 2.24) is 0 Å². The van der Waals surface area contributed by atoms with Gasteiger partial charge in [-0.25, -0.2) is 8.78 Å². The van der Waals surface area contributed by atoms with Crippen LogP contribution in [0.2, 0.25) is 0 Å². The minimum atomic E-state index is -2.16. The largest absolute Gasteiger partial charge is 0.239 e. The molecule has 0 aromatic rings. The van der Waals surface area contributed by atoms with Gasteiger partial charge in [-0.3, -0.25) is 0 Å². The van der Waals surface area contributed by atoms with Crippen molar-refractivity contribution >= 4 is 21.6 Å². The van der Waals surface area contributed by atoms with Gasteiger partial charge in [0.25, 0.3) is 0 Å². The summed E-state index contributed by atoms with van der Waals surface area (Å²) in [4.78, 5) is 0. The lowest BCUT2D eigenvalue weighted by Gasteiger charge is -2.26. The molecule has 0 nitrogen and oxygen atoms in total. The van der Waals surface area contributed by atoms with E-state index in [2.05, 4.69) is 20.8 Å². The van der Waals surface area contributed by atoms with Crippen LogP contribution in [0.3, 0.4) is 0 Å². The van der Waals surface area contributed by atoms with E-state index in [0.717, 1.165) is 18.6 Å². The minimum Gasteiger partial charge on any atom is -0.210 e. The average Bonchev–Trinajstić information content (AvgIpc) is 2.49. The number of hydrogen-bond donors (Lipinski definition) is 0. The summed E-state index contributed by atoms with van der Waals surface area (Å²) in [5.74, 6) is 1.48. The molecule has 0 aromatic carbocycles. The summed E-state index contributed by atoms with van der Waals surface area (Å²) in [6, 6.07) is 0. The normalized spacial score (nSPS) is 13.2. The standard InChI is InChI=1S/C18H36F2S2/c1-4-7-9-11-13-16(14-12-10-8-5-2)17(15-18(19)20)22-21-6-3/h16-18H,4-15H2,1-3H3. The van der Waals surface area contributed by atoms with Gasteiger partial charge in [-0.1, -0.05) is 93.7 Å². The number of alkyl halides is 2. The topological polar surface area (TPSA) is 0 Å². The molecule has 134 valence electrons. The van der Waals surface area contributed by atoms with Crippen LogP contribution in [0.15, 0.2) is 0 Å². The maximum Gasteiger partial charge on any atom is 0.239 e. The molecule has 4 heteroatoms. The third-order valence-electron chi connectivity index (χ3n) is 4.10. The molecule has 0 heterocycles. The Morgan fingerprint density at radius 3 is 1.73 bits per heavy atom. The molecular weight excluding hydrogens is 318 g/mol. The smallest absolute Gasteiger partial charge is 0.210 e. The number of rotatable bonds is 16. The van der Waals surface area contributed by atoms with E-state index in [1.807, 2.05) is 0 Å². The van der Waals surface area contributed by atoms with Gasteiger partial charge in [0.15, 0.2) is 0 Å². The van der Waals surface area contributed by atoms with Gasteiger partial charge in [-0.05, 0) is 18.8 Å². The highest BCUT2D eigenvalue weighted by atomic mass is 33.1. The van der Waals surface area contributed by atoms with E-state index in [1.54, 1.807) is 21.6 Å². The van der Waals surface area contributed by atoms with Gasteiger partial charge in [0, 0.05) is 17.4 Å². The molecule has 1 atom stereocenters. The van der Waals surface area contributed by atoms with Crippen molar-refractivity contribution in [2.75, 3.05) is 5.75 Å². The zero-order valence-corrected chi connectivity index (χ0v) is 16.4. The zero-order chi connectivity index (χ0) is 16.6. The highest BCUT2D eigenvalue weighted by molar-refractivity contribution is 8.76. The Balaban J connectivity index is 4.41. The first kappa shape index (κ1) is 22.6. The van der Waals surface area contributed by atoms with Crippen molar-refractivity contribution in [3.05, 3.63) is 0 Å². The fourth-order valence-electron chi connectivity index (χ4n) is 2.82. The van der Waals surface area contributed by atoms with Crippen LogP contribution in [0.4, 0.5) is 8.78 Å². The maximum atomic E-state index is 12.9. The summed E-state index contributed by atoms with van der Waals surface area (Å²) in [6.07, 6.45) is 10.2. The van der Waals surface area contributed by atoms with Gasteiger partial charge in [-0.2, -0.15) is 0 Å². The summed E-state index contributed by atoms with van der Waals surface area (Å²) in [6.45, 7) is 6.54. The van der Waals surface area contributed by atoms with Gasteiger partial charge in [0.2, 0.25) is 6.43 Å². The zero-order valence-electron chi connectivity index (χ0n) is 14.8. The van der Waals surface area contributed by atoms with Crippen LogP contribution in [0.25, 0.3) is 0 Å². The number of hydrogen-bond acceptors (Lipinski definition) is 2. The van der Waals surface area contributed by atoms with Crippen molar-refractivity contribution in [2.24, 2.45) is 5.92 Å². The highest BCUT2D eigenvalue weighted by Gasteiger charge is 2.25.